The zero-order valence-electron chi connectivity index (χ0n) is 10.5. The second-order valence-electron chi connectivity index (χ2n) is 4.27. The number of H-pyrrole nitrogens is 1. The standard InChI is InChI=1S/C16H13NO2/c1-19-15-12-9-5-6-10-13(12)17-16(18)14(15)11-7-3-2-4-8-11/h2-10H,1H3,(H,17,18). The summed E-state index contributed by atoms with van der Waals surface area (Å²) in [6, 6.07) is 17.2. The molecule has 0 aliphatic carbocycles. The lowest BCUT2D eigenvalue weighted by atomic mass is 10.0. The number of ether oxygens (including phenoxy) is 1. The van der Waals surface area contributed by atoms with Gasteiger partial charge >= 0.3 is 0 Å². The summed E-state index contributed by atoms with van der Waals surface area (Å²) in [5.74, 6) is 0.616. The Balaban J connectivity index is 2.42. The van der Waals surface area contributed by atoms with Crippen molar-refractivity contribution in [2.75, 3.05) is 7.11 Å². The summed E-state index contributed by atoms with van der Waals surface area (Å²) in [5.41, 5.74) is 2.07. The number of methoxy groups -OCH3 is 1. The lowest BCUT2D eigenvalue weighted by Crippen LogP contribution is -2.11. The van der Waals surface area contributed by atoms with Crippen molar-refractivity contribution in [1.29, 1.82) is 0 Å². The molecule has 3 nitrogen and oxygen atoms in total. The largest absolute Gasteiger partial charge is 0.495 e. The van der Waals surface area contributed by atoms with E-state index in [-0.39, 0.29) is 5.56 Å². The van der Waals surface area contributed by atoms with Gasteiger partial charge in [-0.25, -0.2) is 0 Å². The third kappa shape index (κ3) is 1.89. The average Bonchev–Trinajstić information content (AvgIpc) is 2.46. The van der Waals surface area contributed by atoms with Gasteiger partial charge in [0.25, 0.3) is 5.56 Å². The minimum absolute atomic E-state index is 0.137. The topological polar surface area (TPSA) is 42.1 Å². The van der Waals surface area contributed by atoms with Crippen LogP contribution in [0.3, 0.4) is 0 Å². The average molecular weight is 251 g/mol. The summed E-state index contributed by atoms with van der Waals surface area (Å²) in [6.45, 7) is 0. The van der Waals surface area contributed by atoms with Gasteiger partial charge in [0.1, 0.15) is 5.75 Å². The van der Waals surface area contributed by atoms with Crippen LogP contribution in [0.2, 0.25) is 0 Å². The number of aromatic nitrogens is 1. The zero-order valence-corrected chi connectivity index (χ0v) is 10.5. The van der Waals surface area contributed by atoms with E-state index in [0.717, 1.165) is 16.5 Å². The predicted octanol–water partition coefficient (Wildman–Crippen LogP) is 3.20. The highest BCUT2D eigenvalue weighted by Crippen LogP contribution is 2.32. The fourth-order valence-corrected chi connectivity index (χ4v) is 2.29. The van der Waals surface area contributed by atoms with Crippen LogP contribution >= 0.6 is 0 Å². The molecule has 0 amide bonds. The Morgan fingerprint density at radius 3 is 2.37 bits per heavy atom. The predicted molar refractivity (Wildman–Crippen MR) is 76.6 cm³/mol. The summed E-state index contributed by atoms with van der Waals surface area (Å²) in [5, 5.41) is 0.906. The summed E-state index contributed by atoms with van der Waals surface area (Å²) < 4.78 is 5.47. The first-order chi connectivity index (χ1) is 9.31. The molecular formula is C16H13NO2. The first-order valence-electron chi connectivity index (χ1n) is 6.05. The minimum atomic E-state index is -0.137. The smallest absolute Gasteiger partial charge is 0.260 e. The van der Waals surface area contributed by atoms with Crippen LogP contribution in [0.4, 0.5) is 0 Å². The highest BCUT2D eigenvalue weighted by Gasteiger charge is 2.14. The number of hydrogen-bond donors (Lipinski definition) is 1. The van der Waals surface area contributed by atoms with Crippen molar-refractivity contribution in [1.82, 2.24) is 4.98 Å². The van der Waals surface area contributed by atoms with Gasteiger partial charge in [0.15, 0.2) is 0 Å². The maximum Gasteiger partial charge on any atom is 0.260 e. The SMILES string of the molecule is COc1c(-c2ccccc2)c(=O)[nH]c2ccccc12. The molecule has 1 aromatic heterocycles. The molecule has 0 saturated heterocycles. The van der Waals surface area contributed by atoms with Crippen molar-refractivity contribution in [2.45, 2.75) is 0 Å². The molecule has 0 saturated carbocycles. The molecular weight excluding hydrogens is 238 g/mol. The van der Waals surface area contributed by atoms with E-state index in [0.29, 0.717) is 11.3 Å². The summed E-state index contributed by atoms with van der Waals surface area (Å²) in [6.07, 6.45) is 0. The van der Waals surface area contributed by atoms with Crippen LogP contribution in [0.15, 0.2) is 59.4 Å². The van der Waals surface area contributed by atoms with Crippen molar-refractivity contribution in [3.8, 4) is 16.9 Å². The molecule has 0 bridgehead atoms. The molecule has 0 atom stereocenters. The number of para-hydroxylation sites is 1. The molecule has 1 N–H and O–H groups in total. The molecule has 94 valence electrons. The Kier molecular flexibility index (Phi) is 2.80. The van der Waals surface area contributed by atoms with Crippen molar-refractivity contribution >= 4 is 10.9 Å². The number of nitrogens with one attached hydrogen (secondary N) is 1. The highest BCUT2D eigenvalue weighted by molar-refractivity contribution is 5.91. The lowest BCUT2D eigenvalue weighted by molar-refractivity contribution is 0.420. The Morgan fingerprint density at radius 2 is 1.63 bits per heavy atom. The van der Waals surface area contributed by atoms with E-state index >= 15 is 0 Å². The number of fused-ring (bicyclic) bond motifs is 1. The van der Waals surface area contributed by atoms with E-state index < -0.39 is 0 Å². The Bertz CT molecular complexity index is 776. The fourth-order valence-electron chi connectivity index (χ4n) is 2.29. The molecule has 0 aliphatic heterocycles. The Labute approximate surface area is 110 Å². The van der Waals surface area contributed by atoms with Crippen LogP contribution in [-0.2, 0) is 0 Å². The molecule has 0 unspecified atom stereocenters. The van der Waals surface area contributed by atoms with Crippen molar-refractivity contribution in [3.05, 3.63) is 65.0 Å². The fraction of sp³-hybridized carbons (Fsp3) is 0.0625. The van der Waals surface area contributed by atoms with Gasteiger partial charge in [0, 0.05) is 5.39 Å². The van der Waals surface area contributed by atoms with Crippen LogP contribution < -0.4 is 10.3 Å². The number of aromatic amines is 1. The quantitative estimate of drug-likeness (QED) is 0.760. The van der Waals surface area contributed by atoms with E-state index in [9.17, 15) is 4.79 Å². The maximum absolute atomic E-state index is 12.3. The van der Waals surface area contributed by atoms with E-state index in [1.165, 1.54) is 0 Å². The molecule has 2 aromatic carbocycles. The molecule has 3 aromatic rings. The van der Waals surface area contributed by atoms with Gasteiger partial charge in [0.2, 0.25) is 0 Å². The maximum atomic E-state index is 12.3. The molecule has 3 heteroatoms. The van der Waals surface area contributed by atoms with Gasteiger partial charge in [-0.05, 0) is 17.7 Å². The second-order valence-corrected chi connectivity index (χ2v) is 4.27. The molecule has 3 rings (SSSR count). The minimum Gasteiger partial charge on any atom is -0.495 e. The van der Waals surface area contributed by atoms with Gasteiger partial charge in [-0.2, -0.15) is 0 Å². The van der Waals surface area contributed by atoms with E-state index in [4.69, 9.17) is 4.74 Å². The van der Waals surface area contributed by atoms with E-state index in [1.54, 1.807) is 7.11 Å². The van der Waals surface area contributed by atoms with Gasteiger partial charge < -0.3 is 9.72 Å². The molecule has 0 radical (unpaired) electrons. The highest BCUT2D eigenvalue weighted by atomic mass is 16.5. The zero-order chi connectivity index (χ0) is 13.2. The van der Waals surface area contributed by atoms with Crippen molar-refractivity contribution < 1.29 is 4.74 Å². The van der Waals surface area contributed by atoms with Gasteiger partial charge in [-0.3, -0.25) is 4.79 Å². The Morgan fingerprint density at radius 1 is 0.947 bits per heavy atom. The van der Waals surface area contributed by atoms with Crippen LogP contribution in [0.1, 0.15) is 0 Å². The Hall–Kier alpha value is -2.55. The molecule has 0 fully saturated rings. The third-order valence-corrected chi connectivity index (χ3v) is 3.14. The number of benzene rings is 2. The first kappa shape index (κ1) is 11.5. The van der Waals surface area contributed by atoms with Crippen LogP contribution in [0, 0.1) is 0 Å². The lowest BCUT2D eigenvalue weighted by Gasteiger charge is -2.11. The molecule has 19 heavy (non-hydrogen) atoms. The van der Waals surface area contributed by atoms with E-state index in [1.807, 2.05) is 54.6 Å². The summed E-state index contributed by atoms with van der Waals surface area (Å²) >= 11 is 0. The molecule has 0 aliphatic rings. The number of pyridine rings is 1. The van der Waals surface area contributed by atoms with Crippen molar-refractivity contribution in [3.63, 3.8) is 0 Å². The van der Waals surface area contributed by atoms with Crippen LogP contribution in [0.25, 0.3) is 22.0 Å². The summed E-state index contributed by atoms with van der Waals surface area (Å²) in [4.78, 5) is 15.2. The van der Waals surface area contributed by atoms with Crippen LogP contribution in [0.5, 0.6) is 5.75 Å². The first-order valence-corrected chi connectivity index (χ1v) is 6.05. The number of hydrogen-bond acceptors (Lipinski definition) is 2. The second kappa shape index (κ2) is 4.61. The molecule has 1 heterocycles. The normalized spacial score (nSPS) is 10.6. The van der Waals surface area contributed by atoms with Gasteiger partial charge in [-0.1, -0.05) is 42.5 Å². The number of rotatable bonds is 2. The van der Waals surface area contributed by atoms with Crippen molar-refractivity contribution in [2.24, 2.45) is 0 Å². The third-order valence-electron chi connectivity index (χ3n) is 3.14. The van der Waals surface area contributed by atoms with Gasteiger partial charge in [0.05, 0.1) is 18.2 Å². The van der Waals surface area contributed by atoms with Crippen LogP contribution in [-0.4, -0.2) is 12.1 Å². The molecule has 0 spiro atoms. The van der Waals surface area contributed by atoms with E-state index in [2.05, 4.69) is 4.98 Å². The monoisotopic (exact) mass is 251 g/mol. The van der Waals surface area contributed by atoms with Gasteiger partial charge in [-0.15, -0.1) is 0 Å². The summed E-state index contributed by atoms with van der Waals surface area (Å²) in [7, 11) is 1.59.